The molecule has 1 fully saturated rings. The van der Waals surface area contributed by atoms with Gasteiger partial charge in [-0.2, -0.15) is 0 Å². The highest BCUT2D eigenvalue weighted by molar-refractivity contribution is 5.27. The van der Waals surface area contributed by atoms with E-state index >= 15 is 0 Å². The van der Waals surface area contributed by atoms with Crippen LogP contribution in [0.25, 0.3) is 0 Å². The highest BCUT2D eigenvalue weighted by Crippen LogP contribution is 2.39. The van der Waals surface area contributed by atoms with Crippen molar-refractivity contribution in [2.24, 2.45) is 5.73 Å². The Balaban J connectivity index is 1.49. The Hall–Kier alpha value is -1.84. The van der Waals surface area contributed by atoms with Crippen molar-refractivity contribution in [2.45, 2.75) is 56.6 Å². The van der Waals surface area contributed by atoms with Gasteiger partial charge in [0.1, 0.15) is 5.75 Å². The summed E-state index contributed by atoms with van der Waals surface area (Å²) in [5.41, 5.74) is 8.50. The second-order valence-electron chi connectivity index (χ2n) is 7.48. The number of nitrogens with two attached hydrogens (primary N) is 1. The minimum absolute atomic E-state index is 0.0842. The molecule has 3 N–H and O–H groups in total. The Bertz CT molecular complexity index is 655. The van der Waals surface area contributed by atoms with Crippen molar-refractivity contribution in [1.82, 2.24) is 0 Å². The predicted molar refractivity (Wildman–Crippen MR) is 102 cm³/mol. The van der Waals surface area contributed by atoms with Crippen LogP contribution in [0.2, 0.25) is 0 Å². The SMILES string of the molecule is C[C@@H](CCc1ccc([C@@H]2CC[C@@](N)(CO)C2)cc1)Oc1ccccc1. The Morgan fingerprint density at radius 2 is 1.88 bits per heavy atom. The van der Waals surface area contributed by atoms with Crippen molar-refractivity contribution in [3.63, 3.8) is 0 Å². The van der Waals surface area contributed by atoms with E-state index in [9.17, 15) is 5.11 Å². The van der Waals surface area contributed by atoms with Crippen LogP contribution < -0.4 is 10.5 Å². The smallest absolute Gasteiger partial charge is 0.119 e. The van der Waals surface area contributed by atoms with Crippen LogP contribution in [0.1, 0.15) is 49.7 Å². The zero-order chi connectivity index (χ0) is 17.7. The summed E-state index contributed by atoms with van der Waals surface area (Å²) in [4.78, 5) is 0. The van der Waals surface area contributed by atoms with E-state index < -0.39 is 0 Å². The average Bonchev–Trinajstić information content (AvgIpc) is 3.04. The van der Waals surface area contributed by atoms with Crippen molar-refractivity contribution in [1.29, 1.82) is 0 Å². The van der Waals surface area contributed by atoms with Crippen molar-refractivity contribution < 1.29 is 9.84 Å². The molecule has 3 rings (SSSR count). The molecular formula is C22H29NO2. The molecule has 134 valence electrons. The molecule has 0 heterocycles. The van der Waals surface area contributed by atoms with Gasteiger partial charge >= 0.3 is 0 Å². The van der Waals surface area contributed by atoms with Crippen LogP contribution in [-0.2, 0) is 6.42 Å². The molecule has 3 heteroatoms. The zero-order valence-electron chi connectivity index (χ0n) is 15.0. The van der Waals surface area contributed by atoms with Gasteiger partial charge in [-0.05, 0) is 68.2 Å². The van der Waals surface area contributed by atoms with Gasteiger partial charge in [0.2, 0.25) is 0 Å². The molecule has 1 aliphatic rings. The van der Waals surface area contributed by atoms with Crippen LogP contribution in [0.4, 0.5) is 0 Å². The van der Waals surface area contributed by atoms with E-state index in [1.807, 2.05) is 30.3 Å². The quantitative estimate of drug-likeness (QED) is 0.800. The molecule has 1 saturated carbocycles. The van der Waals surface area contributed by atoms with Gasteiger partial charge < -0.3 is 15.6 Å². The van der Waals surface area contributed by atoms with Crippen LogP contribution in [0.5, 0.6) is 5.75 Å². The first-order valence-electron chi connectivity index (χ1n) is 9.28. The normalized spacial score (nSPS) is 24.2. The minimum Gasteiger partial charge on any atom is -0.491 e. The summed E-state index contributed by atoms with van der Waals surface area (Å²) in [5, 5.41) is 9.42. The Morgan fingerprint density at radius 1 is 1.16 bits per heavy atom. The average molecular weight is 339 g/mol. The van der Waals surface area contributed by atoms with Gasteiger partial charge in [0, 0.05) is 5.54 Å². The molecule has 0 aliphatic heterocycles. The maximum absolute atomic E-state index is 9.42. The molecule has 0 amide bonds. The molecule has 3 atom stereocenters. The first kappa shape index (κ1) is 18.0. The first-order chi connectivity index (χ1) is 12.1. The standard InChI is InChI=1S/C22H29NO2/c1-17(25-21-5-3-2-4-6-21)7-8-18-9-11-19(12-10-18)20-13-14-22(23,15-20)16-24/h2-6,9-12,17,20,24H,7-8,13-16,23H2,1H3/t17-,20+,22-/m0/s1. The summed E-state index contributed by atoms with van der Waals surface area (Å²) < 4.78 is 5.94. The Morgan fingerprint density at radius 3 is 2.52 bits per heavy atom. The summed E-state index contributed by atoms with van der Waals surface area (Å²) in [6.07, 6.45) is 5.05. The van der Waals surface area contributed by atoms with Gasteiger partial charge in [0.15, 0.2) is 0 Å². The topological polar surface area (TPSA) is 55.5 Å². The van der Waals surface area contributed by atoms with Gasteiger partial charge in [0.25, 0.3) is 0 Å². The number of aryl methyl sites for hydroxylation is 1. The number of aliphatic hydroxyl groups is 1. The van der Waals surface area contributed by atoms with Crippen LogP contribution >= 0.6 is 0 Å². The van der Waals surface area contributed by atoms with E-state index in [1.165, 1.54) is 11.1 Å². The van der Waals surface area contributed by atoms with Gasteiger partial charge in [-0.25, -0.2) is 0 Å². The fourth-order valence-electron chi connectivity index (χ4n) is 3.70. The maximum atomic E-state index is 9.42. The van der Waals surface area contributed by atoms with Crippen LogP contribution in [-0.4, -0.2) is 23.4 Å². The van der Waals surface area contributed by atoms with Crippen LogP contribution in [0.15, 0.2) is 54.6 Å². The Kier molecular flexibility index (Phi) is 5.77. The summed E-state index contributed by atoms with van der Waals surface area (Å²) in [6.45, 7) is 2.20. The predicted octanol–water partition coefficient (Wildman–Crippen LogP) is 4.04. The number of hydrogen-bond acceptors (Lipinski definition) is 3. The third-order valence-corrected chi connectivity index (χ3v) is 5.33. The summed E-state index contributed by atoms with van der Waals surface area (Å²) in [6, 6.07) is 18.9. The zero-order valence-corrected chi connectivity index (χ0v) is 15.0. The molecule has 0 unspecified atom stereocenters. The van der Waals surface area contributed by atoms with Crippen LogP contribution in [0, 0.1) is 0 Å². The molecular weight excluding hydrogens is 310 g/mol. The number of hydrogen-bond donors (Lipinski definition) is 2. The lowest BCUT2D eigenvalue weighted by Crippen LogP contribution is -2.40. The van der Waals surface area contributed by atoms with E-state index in [0.29, 0.717) is 5.92 Å². The van der Waals surface area contributed by atoms with E-state index in [2.05, 4.69) is 31.2 Å². The second kappa shape index (κ2) is 8.03. The number of benzene rings is 2. The highest BCUT2D eigenvalue weighted by Gasteiger charge is 2.35. The lowest BCUT2D eigenvalue weighted by Gasteiger charge is -2.21. The van der Waals surface area contributed by atoms with E-state index in [-0.39, 0.29) is 18.2 Å². The number of ether oxygens (including phenoxy) is 1. The molecule has 2 aromatic rings. The molecule has 0 radical (unpaired) electrons. The highest BCUT2D eigenvalue weighted by atomic mass is 16.5. The van der Waals surface area contributed by atoms with Gasteiger partial charge in [-0.3, -0.25) is 0 Å². The molecule has 25 heavy (non-hydrogen) atoms. The molecule has 3 nitrogen and oxygen atoms in total. The minimum atomic E-state index is -0.381. The van der Waals surface area contributed by atoms with E-state index in [4.69, 9.17) is 10.5 Å². The first-order valence-corrected chi connectivity index (χ1v) is 9.28. The molecule has 0 bridgehead atoms. The monoisotopic (exact) mass is 339 g/mol. The fraction of sp³-hybridized carbons (Fsp3) is 0.455. The molecule has 1 aliphatic carbocycles. The van der Waals surface area contributed by atoms with E-state index in [1.54, 1.807) is 0 Å². The Labute approximate surface area is 150 Å². The summed E-state index contributed by atoms with van der Waals surface area (Å²) >= 11 is 0. The number of rotatable bonds is 7. The third kappa shape index (κ3) is 4.83. The van der Waals surface area contributed by atoms with Gasteiger partial charge in [-0.15, -0.1) is 0 Å². The van der Waals surface area contributed by atoms with Crippen molar-refractivity contribution in [2.75, 3.05) is 6.61 Å². The largest absolute Gasteiger partial charge is 0.491 e. The van der Waals surface area contributed by atoms with Gasteiger partial charge in [0.05, 0.1) is 12.7 Å². The maximum Gasteiger partial charge on any atom is 0.119 e. The van der Waals surface area contributed by atoms with Gasteiger partial charge in [-0.1, -0.05) is 42.5 Å². The van der Waals surface area contributed by atoms with Crippen molar-refractivity contribution >= 4 is 0 Å². The molecule has 0 spiro atoms. The lowest BCUT2D eigenvalue weighted by atomic mass is 9.92. The number of aliphatic hydroxyl groups excluding tert-OH is 1. The summed E-state index contributed by atoms with van der Waals surface area (Å²) in [7, 11) is 0. The number of para-hydroxylation sites is 1. The second-order valence-corrected chi connectivity index (χ2v) is 7.48. The van der Waals surface area contributed by atoms with E-state index in [0.717, 1.165) is 37.9 Å². The summed E-state index contributed by atoms with van der Waals surface area (Å²) in [5.74, 6) is 1.41. The molecule has 0 aromatic heterocycles. The van der Waals surface area contributed by atoms with Crippen LogP contribution in [0.3, 0.4) is 0 Å². The lowest BCUT2D eigenvalue weighted by molar-refractivity contribution is 0.198. The van der Waals surface area contributed by atoms with Crippen molar-refractivity contribution in [3.05, 3.63) is 65.7 Å². The third-order valence-electron chi connectivity index (χ3n) is 5.33. The fourth-order valence-corrected chi connectivity index (χ4v) is 3.70. The van der Waals surface area contributed by atoms with Crippen molar-refractivity contribution in [3.8, 4) is 5.75 Å². The molecule has 0 saturated heterocycles. The molecule has 2 aromatic carbocycles.